The lowest BCUT2D eigenvalue weighted by molar-refractivity contribution is 0.0319. The molecule has 2 aromatic carbocycles. The summed E-state index contributed by atoms with van der Waals surface area (Å²) in [6.45, 7) is 9.34. The maximum atomic E-state index is 10.1. The highest BCUT2D eigenvalue weighted by molar-refractivity contribution is 5.90. The zero-order valence-electron chi connectivity index (χ0n) is 19.7. The Balaban J connectivity index is 1.40. The summed E-state index contributed by atoms with van der Waals surface area (Å²) in [4.78, 5) is 11.3. The molecule has 0 bridgehead atoms. The Kier molecular flexibility index (Phi) is 5.77. The molecule has 3 heterocycles. The molecule has 5 rings (SSSR count). The van der Waals surface area contributed by atoms with E-state index in [2.05, 4.69) is 65.4 Å². The molecule has 0 saturated carbocycles. The molecule has 34 heavy (non-hydrogen) atoms. The van der Waals surface area contributed by atoms with E-state index in [-0.39, 0.29) is 0 Å². The van der Waals surface area contributed by atoms with Crippen LogP contribution in [0.25, 0.3) is 11.0 Å². The number of aliphatic hydroxyl groups is 1. The SMILES string of the molecule is C=CC(O)N1CCc2ccc(Nc3ncc4c(Nc5c(C)cccc5C)nn(C)c4n3)cc2C1. The molecule has 0 saturated heterocycles. The lowest BCUT2D eigenvalue weighted by Crippen LogP contribution is -2.37. The van der Waals surface area contributed by atoms with Gasteiger partial charge in [0.05, 0.1) is 5.39 Å². The number of para-hydroxylation sites is 1. The highest BCUT2D eigenvalue weighted by atomic mass is 16.3. The number of benzene rings is 2. The monoisotopic (exact) mass is 455 g/mol. The van der Waals surface area contributed by atoms with Crippen LogP contribution in [-0.4, -0.2) is 42.5 Å². The van der Waals surface area contributed by atoms with Crippen LogP contribution in [0.15, 0.2) is 55.3 Å². The minimum atomic E-state index is -0.633. The molecule has 3 N–H and O–H groups in total. The van der Waals surface area contributed by atoms with Gasteiger partial charge in [0.1, 0.15) is 6.23 Å². The largest absolute Gasteiger partial charge is 0.375 e. The lowest BCUT2D eigenvalue weighted by atomic mass is 9.99. The van der Waals surface area contributed by atoms with E-state index < -0.39 is 6.23 Å². The van der Waals surface area contributed by atoms with E-state index in [1.54, 1.807) is 17.0 Å². The average Bonchev–Trinajstić information content (AvgIpc) is 3.15. The average molecular weight is 456 g/mol. The predicted octanol–water partition coefficient (Wildman–Crippen LogP) is 4.33. The molecule has 1 aliphatic rings. The summed E-state index contributed by atoms with van der Waals surface area (Å²) in [5, 5.41) is 22.4. The normalized spacial score (nSPS) is 14.6. The van der Waals surface area contributed by atoms with Crippen molar-refractivity contribution in [3.05, 3.63) is 77.5 Å². The summed E-state index contributed by atoms with van der Waals surface area (Å²) < 4.78 is 1.76. The molecule has 1 unspecified atom stereocenters. The van der Waals surface area contributed by atoms with Crippen molar-refractivity contribution in [3.63, 3.8) is 0 Å². The molecule has 0 spiro atoms. The van der Waals surface area contributed by atoms with Crippen molar-refractivity contribution in [1.29, 1.82) is 0 Å². The van der Waals surface area contributed by atoms with E-state index in [1.165, 1.54) is 11.1 Å². The minimum Gasteiger partial charge on any atom is -0.375 e. The lowest BCUT2D eigenvalue weighted by Gasteiger charge is -2.31. The maximum Gasteiger partial charge on any atom is 0.229 e. The Morgan fingerprint density at radius 1 is 1.12 bits per heavy atom. The Morgan fingerprint density at radius 2 is 1.91 bits per heavy atom. The van der Waals surface area contributed by atoms with Crippen LogP contribution in [0.4, 0.5) is 23.1 Å². The third-order valence-electron chi connectivity index (χ3n) is 6.39. The summed E-state index contributed by atoms with van der Waals surface area (Å²) >= 11 is 0. The second-order valence-corrected chi connectivity index (χ2v) is 8.77. The first-order chi connectivity index (χ1) is 16.4. The van der Waals surface area contributed by atoms with E-state index >= 15 is 0 Å². The Labute approximate surface area is 199 Å². The van der Waals surface area contributed by atoms with Crippen LogP contribution < -0.4 is 10.6 Å². The molecule has 1 atom stereocenters. The molecule has 4 aromatic rings. The van der Waals surface area contributed by atoms with Crippen LogP contribution in [-0.2, 0) is 20.0 Å². The molecule has 0 amide bonds. The molecule has 0 aliphatic carbocycles. The molecule has 0 radical (unpaired) electrons. The van der Waals surface area contributed by atoms with Crippen molar-refractivity contribution in [1.82, 2.24) is 24.6 Å². The van der Waals surface area contributed by atoms with Gasteiger partial charge in [0.2, 0.25) is 5.95 Å². The highest BCUT2D eigenvalue weighted by Gasteiger charge is 2.20. The van der Waals surface area contributed by atoms with Crippen LogP contribution in [0.3, 0.4) is 0 Å². The second kappa shape index (κ2) is 8.89. The van der Waals surface area contributed by atoms with Gasteiger partial charge in [-0.2, -0.15) is 10.1 Å². The number of aliphatic hydroxyl groups excluding tert-OH is 1. The van der Waals surface area contributed by atoms with Gasteiger partial charge in [-0.05, 0) is 60.7 Å². The first-order valence-corrected chi connectivity index (χ1v) is 11.4. The zero-order valence-corrected chi connectivity index (χ0v) is 19.7. The molecule has 174 valence electrons. The number of aryl methyl sites for hydroxylation is 3. The maximum absolute atomic E-state index is 10.1. The topological polar surface area (TPSA) is 91.1 Å². The van der Waals surface area contributed by atoms with Gasteiger partial charge in [0.15, 0.2) is 11.5 Å². The fourth-order valence-electron chi connectivity index (χ4n) is 4.48. The summed E-state index contributed by atoms with van der Waals surface area (Å²) in [5.41, 5.74) is 7.49. The van der Waals surface area contributed by atoms with E-state index in [4.69, 9.17) is 4.98 Å². The quantitative estimate of drug-likeness (QED) is 0.373. The third kappa shape index (κ3) is 4.13. The summed E-state index contributed by atoms with van der Waals surface area (Å²) in [6, 6.07) is 12.5. The molecule has 0 fully saturated rings. The minimum absolute atomic E-state index is 0.507. The van der Waals surface area contributed by atoms with Crippen LogP contribution in [0.2, 0.25) is 0 Å². The van der Waals surface area contributed by atoms with Crippen molar-refractivity contribution in [2.24, 2.45) is 7.05 Å². The first kappa shape index (κ1) is 22.1. The van der Waals surface area contributed by atoms with Crippen molar-refractivity contribution in [2.75, 3.05) is 17.2 Å². The van der Waals surface area contributed by atoms with Crippen molar-refractivity contribution < 1.29 is 5.11 Å². The molecular formula is C26H29N7O. The van der Waals surface area contributed by atoms with Gasteiger partial charge >= 0.3 is 0 Å². The number of nitrogens with zero attached hydrogens (tertiary/aromatic N) is 5. The molecule has 1 aliphatic heterocycles. The van der Waals surface area contributed by atoms with Gasteiger partial charge in [-0.25, -0.2) is 9.67 Å². The van der Waals surface area contributed by atoms with Gasteiger partial charge in [-0.1, -0.05) is 30.8 Å². The first-order valence-electron chi connectivity index (χ1n) is 11.4. The van der Waals surface area contributed by atoms with Crippen LogP contribution in [0.5, 0.6) is 0 Å². The van der Waals surface area contributed by atoms with Gasteiger partial charge in [-0.15, -0.1) is 0 Å². The van der Waals surface area contributed by atoms with Crippen LogP contribution in [0, 0.1) is 13.8 Å². The molecular weight excluding hydrogens is 426 g/mol. The Morgan fingerprint density at radius 3 is 2.68 bits per heavy atom. The smallest absolute Gasteiger partial charge is 0.229 e. The fraction of sp³-hybridized carbons (Fsp3) is 0.269. The number of hydrogen-bond acceptors (Lipinski definition) is 7. The Bertz CT molecular complexity index is 1360. The number of rotatable bonds is 6. The summed E-state index contributed by atoms with van der Waals surface area (Å²) in [6.07, 6.45) is 3.63. The number of aromatic nitrogens is 4. The fourth-order valence-corrected chi connectivity index (χ4v) is 4.48. The van der Waals surface area contributed by atoms with Crippen molar-refractivity contribution in [3.8, 4) is 0 Å². The van der Waals surface area contributed by atoms with Gasteiger partial charge < -0.3 is 15.7 Å². The van der Waals surface area contributed by atoms with Crippen molar-refractivity contribution in [2.45, 2.75) is 33.0 Å². The predicted molar refractivity (Wildman–Crippen MR) is 136 cm³/mol. The standard InChI is InChI=1S/C26H29N7O/c1-5-22(34)33-12-11-18-9-10-20(13-19(18)15-33)28-26-27-14-21-24(31-32(4)25(21)30-26)29-23-16(2)7-6-8-17(23)3/h5-10,13-14,22,34H,1,11-12,15H2,2-4H3,(H,29,31)(H,27,28,30). The molecule has 8 nitrogen and oxygen atoms in total. The number of anilines is 4. The van der Waals surface area contributed by atoms with Gasteiger partial charge in [-0.3, -0.25) is 4.90 Å². The van der Waals surface area contributed by atoms with Crippen LogP contribution in [0.1, 0.15) is 22.3 Å². The van der Waals surface area contributed by atoms with Crippen molar-refractivity contribution >= 4 is 34.2 Å². The molecule has 2 aromatic heterocycles. The zero-order chi connectivity index (χ0) is 23.8. The highest BCUT2D eigenvalue weighted by Crippen LogP contribution is 2.29. The third-order valence-corrected chi connectivity index (χ3v) is 6.39. The van der Waals surface area contributed by atoms with E-state index in [0.29, 0.717) is 12.5 Å². The van der Waals surface area contributed by atoms with Gasteiger partial charge in [0.25, 0.3) is 0 Å². The number of hydrogen-bond donors (Lipinski definition) is 3. The number of fused-ring (bicyclic) bond motifs is 2. The number of nitrogens with one attached hydrogen (secondary N) is 2. The van der Waals surface area contributed by atoms with Crippen LogP contribution >= 0.6 is 0 Å². The van der Waals surface area contributed by atoms with E-state index in [0.717, 1.165) is 52.3 Å². The molecule has 8 heteroatoms. The second-order valence-electron chi connectivity index (χ2n) is 8.77. The van der Waals surface area contributed by atoms with E-state index in [9.17, 15) is 5.11 Å². The van der Waals surface area contributed by atoms with E-state index in [1.807, 2.05) is 24.1 Å². The summed E-state index contributed by atoms with van der Waals surface area (Å²) in [5.74, 6) is 1.24. The Hall–Kier alpha value is -3.75. The summed E-state index contributed by atoms with van der Waals surface area (Å²) in [7, 11) is 1.88. The van der Waals surface area contributed by atoms with Gasteiger partial charge in [0, 0.05) is 37.7 Å².